The van der Waals surface area contributed by atoms with Gasteiger partial charge < -0.3 is 5.73 Å². The van der Waals surface area contributed by atoms with Crippen LogP contribution in [-0.2, 0) is 6.42 Å². The molecule has 1 aromatic heterocycles. The second-order valence-corrected chi connectivity index (χ2v) is 4.61. The van der Waals surface area contributed by atoms with Gasteiger partial charge in [-0.15, -0.1) is 0 Å². The molecular weight excluding hydrogens is 188 g/mol. The van der Waals surface area contributed by atoms with Crippen LogP contribution in [-0.4, -0.2) is 21.3 Å². The van der Waals surface area contributed by atoms with Crippen LogP contribution in [0.1, 0.15) is 39.6 Å². The van der Waals surface area contributed by atoms with Crippen LogP contribution in [0.15, 0.2) is 6.33 Å². The number of hydrogen-bond donors (Lipinski definition) is 1. The highest BCUT2D eigenvalue weighted by Crippen LogP contribution is 2.16. The zero-order chi connectivity index (χ0) is 11.4. The maximum atomic E-state index is 5.66. The van der Waals surface area contributed by atoms with Crippen LogP contribution in [0.4, 0.5) is 0 Å². The molecule has 0 aliphatic rings. The third-order valence-corrected chi connectivity index (χ3v) is 2.98. The van der Waals surface area contributed by atoms with Crippen molar-refractivity contribution in [1.82, 2.24) is 14.8 Å². The van der Waals surface area contributed by atoms with Crippen LogP contribution in [0, 0.1) is 11.8 Å². The van der Waals surface area contributed by atoms with Crippen LogP contribution >= 0.6 is 0 Å². The van der Waals surface area contributed by atoms with E-state index in [4.69, 9.17) is 5.73 Å². The summed E-state index contributed by atoms with van der Waals surface area (Å²) in [7, 11) is 0. The maximum Gasteiger partial charge on any atom is 0.138 e. The largest absolute Gasteiger partial charge is 0.330 e. The van der Waals surface area contributed by atoms with Crippen molar-refractivity contribution in [3.63, 3.8) is 0 Å². The van der Waals surface area contributed by atoms with Crippen molar-refractivity contribution in [2.24, 2.45) is 17.6 Å². The van der Waals surface area contributed by atoms with Gasteiger partial charge in [0.1, 0.15) is 12.2 Å². The van der Waals surface area contributed by atoms with E-state index in [0.717, 1.165) is 18.8 Å². The Morgan fingerprint density at radius 3 is 2.47 bits per heavy atom. The van der Waals surface area contributed by atoms with Gasteiger partial charge in [0, 0.05) is 12.5 Å². The Labute approximate surface area is 91.9 Å². The van der Waals surface area contributed by atoms with Crippen LogP contribution in [0.3, 0.4) is 0 Å². The predicted molar refractivity (Wildman–Crippen MR) is 61.5 cm³/mol. The average molecular weight is 210 g/mol. The fraction of sp³-hybridized carbons (Fsp3) is 0.818. The van der Waals surface area contributed by atoms with E-state index in [1.165, 1.54) is 0 Å². The van der Waals surface area contributed by atoms with E-state index < -0.39 is 0 Å². The Morgan fingerprint density at radius 2 is 1.93 bits per heavy atom. The molecule has 15 heavy (non-hydrogen) atoms. The summed E-state index contributed by atoms with van der Waals surface area (Å²) < 4.78 is 1.99. The molecule has 4 nitrogen and oxygen atoms in total. The van der Waals surface area contributed by atoms with Crippen molar-refractivity contribution in [3.05, 3.63) is 12.2 Å². The van der Waals surface area contributed by atoms with Crippen LogP contribution in [0.5, 0.6) is 0 Å². The van der Waals surface area contributed by atoms with Crippen molar-refractivity contribution < 1.29 is 0 Å². The van der Waals surface area contributed by atoms with E-state index in [1.807, 2.05) is 4.68 Å². The lowest BCUT2D eigenvalue weighted by Gasteiger charge is -2.18. The molecule has 0 saturated heterocycles. The second-order valence-electron chi connectivity index (χ2n) is 4.61. The fourth-order valence-electron chi connectivity index (χ4n) is 1.57. The summed E-state index contributed by atoms with van der Waals surface area (Å²) in [4.78, 5) is 4.31. The standard InChI is InChI=1S/C11H22N4/c1-8(2)15-11(13-7-14-15)5-9(3)10(4)6-12/h7-10H,5-6,12H2,1-4H3. The Balaban J connectivity index is 2.67. The molecule has 0 aliphatic carbocycles. The highest BCUT2D eigenvalue weighted by Gasteiger charge is 2.15. The molecule has 0 bridgehead atoms. The quantitative estimate of drug-likeness (QED) is 0.803. The van der Waals surface area contributed by atoms with E-state index in [1.54, 1.807) is 6.33 Å². The highest BCUT2D eigenvalue weighted by atomic mass is 15.3. The lowest BCUT2D eigenvalue weighted by atomic mass is 9.93. The molecule has 0 amide bonds. The minimum absolute atomic E-state index is 0.378. The molecule has 0 aromatic carbocycles. The third kappa shape index (κ3) is 3.02. The Hall–Kier alpha value is -0.900. The summed E-state index contributed by atoms with van der Waals surface area (Å²) in [6, 6.07) is 0.378. The first-order chi connectivity index (χ1) is 7.06. The van der Waals surface area contributed by atoms with Gasteiger partial charge in [0.25, 0.3) is 0 Å². The van der Waals surface area contributed by atoms with Crippen molar-refractivity contribution in [2.75, 3.05) is 6.54 Å². The second kappa shape index (κ2) is 5.26. The molecule has 0 radical (unpaired) electrons. The molecule has 0 saturated carbocycles. The summed E-state index contributed by atoms with van der Waals surface area (Å²) in [5.41, 5.74) is 5.66. The molecule has 0 aliphatic heterocycles. The monoisotopic (exact) mass is 210 g/mol. The van der Waals surface area contributed by atoms with Crippen molar-refractivity contribution in [2.45, 2.75) is 40.2 Å². The first-order valence-corrected chi connectivity index (χ1v) is 5.64. The molecule has 2 N–H and O–H groups in total. The van der Waals surface area contributed by atoms with E-state index >= 15 is 0 Å². The zero-order valence-electron chi connectivity index (χ0n) is 10.1. The molecular formula is C11H22N4. The molecule has 0 spiro atoms. The molecule has 1 heterocycles. The van der Waals surface area contributed by atoms with E-state index in [-0.39, 0.29) is 0 Å². The van der Waals surface area contributed by atoms with Gasteiger partial charge in [-0.2, -0.15) is 5.10 Å². The lowest BCUT2D eigenvalue weighted by molar-refractivity contribution is 0.373. The highest BCUT2D eigenvalue weighted by molar-refractivity contribution is 4.89. The van der Waals surface area contributed by atoms with Gasteiger partial charge in [0.2, 0.25) is 0 Å². The average Bonchev–Trinajstić information content (AvgIpc) is 2.64. The Morgan fingerprint density at radius 1 is 1.27 bits per heavy atom. The number of nitrogens with zero attached hydrogens (tertiary/aromatic N) is 3. The van der Waals surface area contributed by atoms with Gasteiger partial charge in [0.15, 0.2) is 0 Å². The third-order valence-electron chi connectivity index (χ3n) is 2.98. The number of hydrogen-bond acceptors (Lipinski definition) is 3. The summed E-state index contributed by atoms with van der Waals surface area (Å²) in [5, 5.41) is 4.23. The molecule has 0 fully saturated rings. The van der Waals surface area contributed by atoms with Gasteiger partial charge in [0.05, 0.1) is 0 Å². The van der Waals surface area contributed by atoms with Crippen molar-refractivity contribution in [3.8, 4) is 0 Å². The molecule has 86 valence electrons. The van der Waals surface area contributed by atoms with E-state index in [2.05, 4.69) is 37.8 Å². The molecule has 4 heteroatoms. The lowest BCUT2D eigenvalue weighted by Crippen LogP contribution is -2.22. The summed E-state index contributed by atoms with van der Waals surface area (Å²) in [6.45, 7) is 9.37. The van der Waals surface area contributed by atoms with E-state index in [9.17, 15) is 0 Å². The zero-order valence-corrected chi connectivity index (χ0v) is 10.1. The van der Waals surface area contributed by atoms with Crippen molar-refractivity contribution in [1.29, 1.82) is 0 Å². The topological polar surface area (TPSA) is 56.7 Å². The predicted octanol–water partition coefficient (Wildman–Crippen LogP) is 1.63. The van der Waals surface area contributed by atoms with Crippen LogP contribution in [0.25, 0.3) is 0 Å². The molecule has 1 aromatic rings. The first-order valence-electron chi connectivity index (χ1n) is 5.64. The van der Waals surface area contributed by atoms with Crippen LogP contribution in [0.2, 0.25) is 0 Å². The maximum absolute atomic E-state index is 5.66. The van der Waals surface area contributed by atoms with Gasteiger partial charge in [-0.1, -0.05) is 13.8 Å². The van der Waals surface area contributed by atoms with Crippen molar-refractivity contribution >= 4 is 0 Å². The molecule has 1 rings (SSSR count). The minimum atomic E-state index is 0.378. The number of rotatable bonds is 5. The normalized spacial score (nSPS) is 15.6. The van der Waals surface area contributed by atoms with Gasteiger partial charge in [-0.3, -0.25) is 0 Å². The van der Waals surface area contributed by atoms with Gasteiger partial charge in [-0.05, 0) is 32.2 Å². The van der Waals surface area contributed by atoms with Gasteiger partial charge >= 0.3 is 0 Å². The van der Waals surface area contributed by atoms with Crippen LogP contribution < -0.4 is 5.73 Å². The first kappa shape index (κ1) is 12.2. The minimum Gasteiger partial charge on any atom is -0.330 e. The molecule has 2 atom stereocenters. The smallest absolute Gasteiger partial charge is 0.138 e. The summed E-state index contributed by atoms with van der Waals surface area (Å²) >= 11 is 0. The van der Waals surface area contributed by atoms with E-state index in [0.29, 0.717) is 17.9 Å². The number of aromatic nitrogens is 3. The number of nitrogens with two attached hydrogens (primary N) is 1. The summed E-state index contributed by atoms with van der Waals surface area (Å²) in [5.74, 6) is 2.15. The van der Waals surface area contributed by atoms with Gasteiger partial charge in [-0.25, -0.2) is 9.67 Å². The Kier molecular flexibility index (Phi) is 4.27. The molecule has 2 unspecified atom stereocenters. The SMILES string of the molecule is CC(CN)C(C)Cc1ncnn1C(C)C. The summed E-state index contributed by atoms with van der Waals surface area (Å²) in [6.07, 6.45) is 2.59. The fourth-order valence-corrected chi connectivity index (χ4v) is 1.57. The Bertz CT molecular complexity index is 293.